The van der Waals surface area contributed by atoms with Gasteiger partial charge in [0, 0.05) is 28.5 Å². The van der Waals surface area contributed by atoms with Gasteiger partial charge in [-0.3, -0.25) is 4.79 Å². The van der Waals surface area contributed by atoms with Gasteiger partial charge in [0.2, 0.25) is 0 Å². The summed E-state index contributed by atoms with van der Waals surface area (Å²) in [5.74, 6) is -0.850. The van der Waals surface area contributed by atoms with Gasteiger partial charge in [-0.1, -0.05) is 24.6 Å². The van der Waals surface area contributed by atoms with E-state index in [4.69, 9.17) is 16.3 Å². The average Bonchev–Trinajstić information content (AvgIpc) is 3.14. The van der Waals surface area contributed by atoms with Crippen LogP contribution in [0.3, 0.4) is 0 Å². The van der Waals surface area contributed by atoms with Crippen LogP contribution in [0.2, 0.25) is 5.02 Å². The summed E-state index contributed by atoms with van der Waals surface area (Å²) in [7, 11) is 0. The summed E-state index contributed by atoms with van der Waals surface area (Å²) in [4.78, 5) is 13.2. The van der Waals surface area contributed by atoms with E-state index in [0.717, 1.165) is 36.8 Å². The predicted molar refractivity (Wildman–Crippen MR) is 107 cm³/mol. The number of rotatable bonds is 5. The number of nitrogens with zero attached hydrogens (tertiary/aromatic N) is 2. The van der Waals surface area contributed by atoms with E-state index < -0.39 is 11.7 Å². The van der Waals surface area contributed by atoms with Crippen LogP contribution in [0.4, 0.5) is 4.39 Å². The number of carbonyl (C=O) groups excluding carboxylic acids is 1. The molecule has 28 heavy (non-hydrogen) atoms. The zero-order chi connectivity index (χ0) is 19.7. The van der Waals surface area contributed by atoms with Crippen molar-refractivity contribution in [1.29, 1.82) is 0 Å². The second kappa shape index (κ2) is 8.02. The zero-order valence-corrected chi connectivity index (χ0v) is 16.5. The number of halogens is 2. The topological polar surface area (TPSA) is 44.1 Å². The number of aromatic nitrogens is 2. The number of benzene rings is 2. The zero-order valence-electron chi connectivity index (χ0n) is 15.7. The molecular weight excluding hydrogens is 379 g/mol. The Balaban J connectivity index is 1.65. The molecule has 146 valence electrons. The maximum atomic E-state index is 13.4. The van der Waals surface area contributed by atoms with Crippen LogP contribution in [-0.4, -0.2) is 22.2 Å². The maximum Gasteiger partial charge on any atom is 0.170 e. The first-order valence-corrected chi connectivity index (χ1v) is 10.0. The Morgan fingerprint density at radius 2 is 2.18 bits per heavy atom. The van der Waals surface area contributed by atoms with E-state index in [1.807, 2.05) is 29.8 Å². The van der Waals surface area contributed by atoms with Crippen LogP contribution in [0.1, 0.15) is 60.7 Å². The first kappa shape index (κ1) is 19.1. The molecule has 2 unspecified atom stereocenters. The third kappa shape index (κ3) is 3.56. The van der Waals surface area contributed by atoms with Gasteiger partial charge in [-0.05, 0) is 61.6 Å². The van der Waals surface area contributed by atoms with Gasteiger partial charge < -0.3 is 4.74 Å². The van der Waals surface area contributed by atoms with Crippen molar-refractivity contribution < 1.29 is 13.9 Å². The number of ether oxygens (including phenoxy) is 1. The Hall–Kier alpha value is -2.24. The molecule has 6 heteroatoms. The molecule has 1 fully saturated rings. The minimum Gasteiger partial charge on any atom is -0.356 e. The Morgan fingerprint density at radius 3 is 2.89 bits per heavy atom. The van der Waals surface area contributed by atoms with Crippen molar-refractivity contribution in [3.8, 4) is 0 Å². The van der Waals surface area contributed by atoms with Crippen molar-refractivity contribution in [2.75, 3.05) is 6.61 Å². The lowest BCUT2D eigenvalue weighted by molar-refractivity contribution is -0.0366. The number of Topliss-reactive ketones (excluding diaryl/α,β-unsaturated/α-hetero) is 1. The van der Waals surface area contributed by atoms with Crippen molar-refractivity contribution in [2.24, 2.45) is 0 Å². The lowest BCUT2D eigenvalue weighted by Gasteiger charge is -2.23. The van der Waals surface area contributed by atoms with Crippen LogP contribution in [0.5, 0.6) is 0 Å². The Labute approximate surface area is 168 Å². The fourth-order valence-electron chi connectivity index (χ4n) is 3.88. The standard InChI is InChI=1S/C22H22ClFN2O2/c1-2-17(18-8-7-16(24)12-19(18)23)22(27)14-6-9-20-15(11-14)13-25-26(20)21-5-3-4-10-28-21/h6-9,11-13,17,21H,2-5,10H2,1H3. The van der Waals surface area contributed by atoms with Crippen LogP contribution >= 0.6 is 11.6 Å². The molecule has 0 N–H and O–H groups in total. The lowest BCUT2D eigenvalue weighted by atomic mass is 9.88. The van der Waals surface area contributed by atoms with E-state index >= 15 is 0 Å². The first-order valence-electron chi connectivity index (χ1n) is 9.66. The summed E-state index contributed by atoms with van der Waals surface area (Å²) in [6, 6.07) is 9.81. The van der Waals surface area contributed by atoms with Gasteiger partial charge in [-0.25, -0.2) is 9.07 Å². The van der Waals surface area contributed by atoms with Crippen LogP contribution in [-0.2, 0) is 4.74 Å². The molecule has 1 aromatic heterocycles. The molecule has 2 aromatic carbocycles. The molecule has 0 amide bonds. The second-order valence-corrected chi connectivity index (χ2v) is 7.58. The summed E-state index contributed by atoms with van der Waals surface area (Å²) in [5.41, 5.74) is 2.21. The van der Waals surface area contributed by atoms with Crippen molar-refractivity contribution in [3.63, 3.8) is 0 Å². The molecule has 0 aliphatic carbocycles. The van der Waals surface area contributed by atoms with Gasteiger partial charge in [-0.2, -0.15) is 5.10 Å². The van der Waals surface area contributed by atoms with Crippen molar-refractivity contribution in [1.82, 2.24) is 9.78 Å². The molecule has 0 saturated carbocycles. The number of hydrogen-bond acceptors (Lipinski definition) is 3. The molecule has 1 saturated heterocycles. The molecule has 2 atom stereocenters. The van der Waals surface area contributed by atoms with Gasteiger partial charge in [-0.15, -0.1) is 0 Å². The van der Waals surface area contributed by atoms with Crippen LogP contribution in [0.15, 0.2) is 42.6 Å². The molecule has 3 aromatic rings. The highest BCUT2D eigenvalue weighted by atomic mass is 35.5. The number of fused-ring (bicyclic) bond motifs is 1. The number of ketones is 1. The van der Waals surface area contributed by atoms with Crippen molar-refractivity contribution in [3.05, 3.63) is 64.6 Å². The van der Waals surface area contributed by atoms with Gasteiger partial charge in [0.05, 0.1) is 11.7 Å². The average molecular weight is 401 g/mol. The van der Waals surface area contributed by atoms with E-state index in [0.29, 0.717) is 17.5 Å². The summed E-state index contributed by atoms with van der Waals surface area (Å²) in [6.07, 6.45) is 5.46. The SMILES string of the molecule is CCC(C(=O)c1ccc2c(cnn2C2CCCCO2)c1)c1ccc(F)cc1Cl. The van der Waals surface area contributed by atoms with E-state index in [-0.39, 0.29) is 17.0 Å². The third-order valence-electron chi connectivity index (χ3n) is 5.37. The normalized spacial score (nSPS) is 18.3. The van der Waals surface area contributed by atoms with E-state index in [1.54, 1.807) is 12.3 Å². The Kier molecular flexibility index (Phi) is 5.47. The minimum absolute atomic E-state index is 0.0282. The molecule has 1 aliphatic rings. The quantitative estimate of drug-likeness (QED) is 0.500. The molecular formula is C22H22ClFN2O2. The predicted octanol–water partition coefficient (Wildman–Crippen LogP) is 5.90. The van der Waals surface area contributed by atoms with Crippen LogP contribution in [0.25, 0.3) is 10.9 Å². The van der Waals surface area contributed by atoms with Gasteiger partial charge in [0.25, 0.3) is 0 Å². The molecule has 0 spiro atoms. The second-order valence-electron chi connectivity index (χ2n) is 7.17. The monoisotopic (exact) mass is 400 g/mol. The highest BCUT2D eigenvalue weighted by Crippen LogP contribution is 2.32. The molecule has 0 radical (unpaired) electrons. The van der Waals surface area contributed by atoms with E-state index in [9.17, 15) is 9.18 Å². The summed E-state index contributed by atoms with van der Waals surface area (Å²) in [5, 5.41) is 5.67. The molecule has 2 heterocycles. The van der Waals surface area contributed by atoms with Gasteiger partial charge >= 0.3 is 0 Å². The Morgan fingerprint density at radius 1 is 1.32 bits per heavy atom. The maximum absolute atomic E-state index is 13.4. The molecule has 1 aliphatic heterocycles. The highest BCUT2D eigenvalue weighted by molar-refractivity contribution is 6.31. The Bertz CT molecular complexity index is 1010. The fourth-order valence-corrected chi connectivity index (χ4v) is 4.18. The smallest absolute Gasteiger partial charge is 0.170 e. The highest BCUT2D eigenvalue weighted by Gasteiger charge is 2.24. The third-order valence-corrected chi connectivity index (χ3v) is 5.70. The molecule has 0 bridgehead atoms. The van der Waals surface area contributed by atoms with E-state index in [2.05, 4.69) is 5.10 Å². The van der Waals surface area contributed by atoms with Crippen molar-refractivity contribution >= 4 is 28.3 Å². The molecule has 4 nitrogen and oxygen atoms in total. The summed E-state index contributed by atoms with van der Waals surface area (Å²) < 4.78 is 21.1. The number of carbonyl (C=O) groups is 1. The first-order chi connectivity index (χ1) is 13.6. The summed E-state index contributed by atoms with van der Waals surface area (Å²) >= 11 is 6.20. The van der Waals surface area contributed by atoms with E-state index in [1.165, 1.54) is 12.1 Å². The van der Waals surface area contributed by atoms with Crippen molar-refractivity contribution in [2.45, 2.75) is 44.8 Å². The lowest BCUT2D eigenvalue weighted by Crippen LogP contribution is -2.19. The minimum atomic E-state index is -0.415. The van der Waals surface area contributed by atoms with Crippen LogP contribution in [0, 0.1) is 5.82 Å². The number of hydrogen-bond donors (Lipinski definition) is 0. The molecule has 4 rings (SSSR count). The largest absolute Gasteiger partial charge is 0.356 e. The fraction of sp³-hybridized carbons (Fsp3) is 0.364. The summed E-state index contributed by atoms with van der Waals surface area (Å²) in [6.45, 7) is 2.68. The van der Waals surface area contributed by atoms with Gasteiger partial charge in [0.1, 0.15) is 5.82 Å². The van der Waals surface area contributed by atoms with Crippen LogP contribution < -0.4 is 0 Å². The van der Waals surface area contributed by atoms with Gasteiger partial charge in [0.15, 0.2) is 12.0 Å².